The van der Waals surface area contributed by atoms with Gasteiger partial charge >= 0.3 is 6.09 Å². The number of nitrogens with zero attached hydrogens (tertiary/aromatic N) is 1. The topological polar surface area (TPSA) is 46.6 Å². The summed E-state index contributed by atoms with van der Waals surface area (Å²) in [6.07, 6.45) is 3.04. The number of ether oxygens (including phenoxy) is 1. The van der Waals surface area contributed by atoms with Crippen LogP contribution in [0.15, 0.2) is 42.5 Å². The first-order valence-electron chi connectivity index (χ1n) is 10.6. The molecule has 2 unspecified atom stereocenters. The van der Waals surface area contributed by atoms with E-state index in [-0.39, 0.29) is 48.5 Å². The highest BCUT2D eigenvalue weighted by Crippen LogP contribution is 2.38. The van der Waals surface area contributed by atoms with Gasteiger partial charge in [0.25, 0.3) is 0 Å². The molecule has 2 atom stereocenters. The number of Topliss-reactive ketones (excluding diaryl/α,β-unsaturated/α-hetero) is 1. The van der Waals surface area contributed by atoms with Crippen molar-refractivity contribution in [3.8, 4) is 0 Å². The highest BCUT2D eigenvalue weighted by atomic mass is 19.2. The van der Waals surface area contributed by atoms with E-state index in [0.717, 1.165) is 37.0 Å². The van der Waals surface area contributed by atoms with Gasteiger partial charge in [0.15, 0.2) is 17.5 Å². The first kappa shape index (κ1) is 21.4. The van der Waals surface area contributed by atoms with Crippen molar-refractivity contribution in [1.29, 1.82) is 0 Å². The Morgan fingerprint density at radius 3 is 2.16 bits per heavy atom. The summed E-state index contributed by atoms with van der Waals surface area (Å²) in [6.45, 7) is 0.194. The average molecular weight is 431 g/mol. The average Bonchev–Trinajstić information content (AvgIpc) is 2.75. The lowest BCUT2D eigenvalue weighted by Crippen LogP contribution is -2.55. The second-order valence-electron chi connectivity index (χ2n) is 8.37. The first-order valence-corrected chi connectivity index (χ1v) is 10.6. The number of benzene rings is 2. The number of hydrogen-bond acceptors (Lipinski definition) is 3. The zero-order valence-electron chi connectivity index (χ0n) is 17.0. The van der Waals surface area contributed by atoms with Gasteiger partial charge < -0.3 is 9.64 Å². The van der Waals surface area contributed by atoms with Crippen LogP contribution >= 0.6 is 0 Å². The third-order valence-corrected chi connectivity index (χ3v) is 6.27. The van der Waals surface area contributed by atoms with Crippen LogP contribution in [0.3, 0.4) is 0 Å². The summed E-state index contributed by atoms with van der Waals surface area (Å²) in [5.74, 6) is -4.57. The summed E-state index contributed by atoms with van der Waals surface area (Å²) in [7, 11) is 0. The molecule has 1 amide bonds. The minimum Gasteiger partial charge on any atom is -0.445 e. The van der Waals surface area contributed by atoms with Crippen LogP contribution in [-0.4, -0.2) is 28.9 Å². The van der Waals surface area contributed by atoms with E-state index in [9.17, 15) is 22.8 Å². The predicted molar refractivity (Wildman–Crippen MR) is 108 cm³/mol. The molecule has 7 heteroatoms. The van der Waals surface area contributed by atoms with E-state index in [1.54, 1.807) is 4.90 Å². The molecular weight excluding hydrogens is 407 g/mol. The van der Waals surface area contributed by atoms with Gasteiger partial charge in [-0.1, -0.05) is 30.3 Å². The van der Waals surface area contributed by atoms with Crippen molar-refractivity contribution in [2.75, 3.05) is 0 Å². The predicted octanol–water partition coefficient (Wildman–Crippen LogP) is 5.19. The van der Waals surface area contributed by atoms with E-state index in [1.807, 2.05) is 30.3 Å². The van der Waals surface area contributed by atoms with Gasteiger partial charge in [0, 0.05) is 24.4 Å². The van der Waals surface area contributed by atoms with Gasteiger partial charge in [-0.2, -0.15) is 0 Å². The van der Waals surface area contributed by atoms with Crippen LogP contribution < -0.4 is 0 Å². The second-order valence-corrected chi connectivity index (χ2v) is 8.37. The lowest BCUT2D eigenvalue weighted by atomic mass is 9.76. The van der Waals surface area contributed by atoms with E-state index in [4.69, 9.17) is 4.74 Å². The maximum atomic E-state index is 13.5. The van der Waals surface area contributed by atoms with Crippen LogP contribution in [0.5, 0.6) is 0 Å². The van der Waals surface area contributed by atoms with Crippen molar-refractivity contribution in [3.63, 3.8) is 0 Å². The van der Waals surface area contributed by atoms with Crippen LogP contribution in [0.2, 0.25) is 0 Å². The fraction of sp³-hybridized carbons (Fsp3) is 0.417. The fourth-order valence-corrected chi connectivity index (χ4v) is 4.79. The van der Waals surface area contributed by atoms with Crippen molar-refractivity contribution < 1.29 is 27.5 Å². The van der Waals surface area contributed by atoms with Gasteiger partial charge in [-0.05, 0) is 55.4 Å². The third-order valence-electron chi connectivity index (χ3n) is 6.27. The van der Waals surface area contributed by atoms with Crippen molar-refractivity contribution in [2.45, 2.75) is 57.2 Å². The number of hydrogen-bond donors (Lipinski definition) is 0. The highest BCUT2D eigenvalue weighted by molar-refractivity contribution is 5.84. The molecule has 0 radical (unpaired) electrons. The Balaban J connectivity index is 1.39. The largest absolute Gasteiger partial charge is 0.445 e. The Hall–Kier alpha value is -2.83. The van der Waals surface area contributed by atoms with Crippen molar-refractivity contribution in [3.05, 3.63) is 71.0 Å². The van der Waals surface area contributed by atoms with Crippen molar-refractivity contribution in [1.82, 2.24) is 4.90 Å². The normalized spacial score (nSPS) is 22.8. The Labute approximate surface area is 179 Å². The molecule has 0 aliphatic carbocycles. The van der Waals surface area contributed by atoms with Gasteiger partial charge in [-0.3, -0.25) is 4.79 Å². The Morgan fingerprint density at radius 2 is 1.55 bits per heavy atom. The molecule has 0 aromatic heterocycles. The number of fused-ring (bicyclic) bond motifs is 2. The van der Waals surface area contributed by atoms with Crippen LogP contribution in [0.1, 0.15) is 43.2 Å². The lowest BCUT2D eigenvalue weighted by molar-refractivity contribution is -0.126. The molecule has 0 saturated carbocycles. The Kier molecular flexibility index (Phi) is 6.30. The van der Waals surface area contributed by atoms with Crippen LogP contribution in [-0.2, 0) is 22.6 Å². The molecule has 2 saturated heterocycles. The molecule has 0 spiro atoms. The van der Waals surface area contributed by atoms with E-state index < -0.39 is 17.5 Å². The van der Waals surface area contributed by atoms with Gasteiger partial charge in [0.05, 0.1) is 0 Å². The molecule has 2 aromatic carbocycles. The Bertz CT molecular complexity index is 929. The number of piperidine rings is 2. The zero-order chi connectivity index (χ0) is 22.0. The van der Waals surface area contributed by atoms with Crippen LogP contribution in [0, 0.1) is 23.4 Å². The van der Waals surface area contributed by atoms with Crippen LogP contribution in [0.4, 0.5) is 18.0 Å². The fourth-order valence-electron chi connectivity index (χ4n) is 4.79. The summed E-state index contributed by atoms with van der Waals surface area (Å²) in [4.78, 5) is 27.4. The number of ketones is 1. The molecule has 4 nitrogen and oxygen atoms in total. The quantitative estimate of drug-likeness (QED) is 0.613. The summed E-state index contributed by atoms with van der Waals surface area (Å²) < 4.78 is 45.6. The molecule has 2 aliphatic rings. The molecular formula is C24H24F3NO3. The molecule has 2 aromatic rings. The molecule has 2 fully saturated rings. The maximum Gasteiger partial charge on any atom is 0.410 e. The standard InChI is InChI=1S/C24H24F3NO3/c25-20-9-16(10-21(26)23(20)27)11-22(29)17-12-18-7-4-8-19(13-17)28(18)24(30)31-14-15-5-2-1-3-6-15/h1-3,5-6,9-10,17-19H,4,7-8,11-14H2. The first-order chi connectivity index (χ1) is 14.9. The van der Waals surface area contributed by atoms with Gasteiger partial charge in [-0.15, -0.1) is 0 Å². The van der Waals surface area contributed by atoms with E-state index >= 15 is 0 Å². The maximum absolute atomic E-state index is 13.5. The second kappa shape index (κ2) is 9.12. The minimum atomic E-state index is -1.53. The molecule has 31 heavy (non-hydrogen) atoms. The summed E-state index contributed by atoms with van der Waals surface area (Å²) in [5.41, 5.74) is 1.03. The summed E-state index contributed by atoms with van der Waals surface area (Å²) in [6, 6.07) is 11.0. The Morgan fingerprint density at radius 1 is 0.935 bits per heavy atom. The smallest absolute Gasteiger partial charge is 0.410 e. The SMILES string of the molecule is O=C(Cc1cc(F)c(F)c(F)c1)C1CC2CCCC(C1)N2C(=O)OCc1ccccc1. The number of carbonyl (C=O) groups excluding carboxylic acids is 2. The molecule has 0 N–H and O–H groups in total. The summed E-state index contributed by atoms with van der Waals surface area (Å²) in [5, 5.41) is 0. The lowest BCUT2D eigenvalue weighted by Gasteiger charge is -2.47. The van der Waals surface area contributed by atoms with Crippen molar-refractivity contribution >= 4 is 11.9 Å². The zero-order valence-corrected chi connectivity index (χ0v) is 17.0. The van der Waals surface area contributed by atoms with E-state index in [1.165, 1.54) is 0 Å². The number of carbonyl (C=O) groups is 2. The van der Waals surface area contributed by atoms with Crippen LogP contribution in [0.25, 0.3) is 0 Å². The van der Waals surface area contributed by atoms with Gasteiger partial charge in [0.1, 0.15) is 12.4 Å². The van der Waals surface area contributed by atoms with Gasteiger partial charge in [-0.25, -0.2) is 18.0 Å². The highest BCUT2D eigenvalue weighted by Gasteiger charge is 2.43. The molecule has 2 bridgehead atoms. The van der Waals surface area contributed by atoms with E-state index in [0.29, 0.717) is 12.8 Å². The molecule has 4 rings (SSSR count). The monoisotopic (exact) mass is 431 g/mol. The van der Waals surface area contributed by atoms with E-state index in [2.05, 4.69) is 0 Å². The number of amides is 1. The number of rotatable bonds is 5. The summed E-state index contributed by atoms with van der Waals surface area (Å²) >= 11 is 0. The minimum absolute atomic E-state index is 0.0913. The van der Waals surface area contributed by atoms with Crippen molar-refractivity contribution in [2.24, 2.45) is 5.92 Å². The third kappa shape index (κ3) is 4.75. The number of halogens is 3. The molecule has 2 heterocycles. The molecule has 2 aliphatic heterocycles. The molecule has 164 valence electrons. The van der Waals surface area contributed by atoms with Gasteiger partial charge in [0.2, 0.25) is 0 Å².